The Hall–Kier alpha value is -1.42. The normalized spacial score (nSPS) is 19.2. The van der Waals surface area contributed by atoms with Gasteiger partial charge in [0.05, 0.1) is 19.9 Å². The summed E-state index contributed by atoms with van der Waals surface area (Å²) in [6.07, 6.45) is 0.490. The van der Waals surface area contributed by atoms with E-state index in [1.807, 2.05) is 12.1 Å². The third-order valence-corrected chi connectivity index (χ3v) is 3.54. The minimum absolute atomic E-state index is 0.0761. The van der Waals surface area contributed by atoms with Crippen molar-refractivity contribution >= 4 is 23.2 Å². The molecular formula is C13H16ClNO3. The predicted octanol–water partition coefficient (Wildman–Crippen LogP) is 2.30. The highest BCUT2D eigenvalue weighted by molar-refractivity contribution is 6.18. The minimum Gasteiger partial charge on any atom is -0.497 e. The van der Waals surface area contributed by atoms with Crippen LogP contribution < -0.4 is 14.4 Å². The van der Waals surface area contributed by atoms with E-state index in [-0.39, 0.29) is 11.8 Å². The zero-order valence-electron chi connectivity index (χ0n) is 10.5. The molecule has 1 fully saturated rings. The molecule has 4 nitrogen and oxygen atoms in total. The van der Waals surface area contributed by atoms with E-state index in [1.54, 1.807) is 25.2 Å². The lowest BCUT2D eigenvalue weighted by molar-refractivity contribution is -0.117. The molecule has 98 valence electrons. The summed E-state index contributed by atoms with van der Waals surface area (Å²) in [5, 5.41) is 0. The number of hydrogen-bond donors (Lipinski definition) is 0. The number of anilines is 1. The van der Waals surface area contributed by atoms with Gasteiger partial charge in [-0.3, -0.25) is 4.79 Å². The number of amides is 1. The number of methoxy groups -OCH3 is 2. The Morgan fingerprint density at radius 3 is 2.72 bits per heavy atom. The summed E-state index contributed by atoms with van der Waals surface area (Å²) in [6.45, 7) is 0.631. The zero-order valence-corrected chi connectivity index (χ0v) is 11.2. The number of halogens is 1. The molecule has 1 unspecified atom stereocenters. The molecule has 0 saturated carbocycles. The van der Waals surface area contributed by atoms with Crippen LogP contribution in [0.4, 0.5) is 5.69 Å². The molecule has 1 heterocycles. The average molecular weight is 270 g/mol. The summed E-state index contributed by atoms with van der Waals surface area (Å²) < 4.78 is 10.5. The Morgan fingerprint density at radius 1 is 1.39 bits per heavy atom. The first-order chi connectivity index (χ1) is 8.69. The van der Waals surface area contributed by atoms with Crippen molar-refractivity contribution in [2.24, 2.45) is 5.92 Å². The molecular weight excluding hydrogens is 254 g/mol. The van der Waals surface area contributed by atoms with Crippen molar-refractivity contribution in [3.05, 3.63) is 18.2 Å². The number of alkyl halides is 1. The maximum absolute atomic E-state index is 12.0. The number of benzene rings is 1. The van der Waals surface area contributed by atoms with E-state index in [0.717, 1.165) is 5.69 Å². The topological polar surface area (TPSA) is 38.8 Å². The van der Waals surface area contributed by atoms with Crippen LogP contribution in [0.15, 0.2) is 18.2 Å². The van der Waals surface area contributed by atoms with Crippen molar-refractivity contribution in [1.82, 2.24) is 0 Å². The van der Waals surface area contributed by atoms with Gasteiger partial charge in [0, 0.05) is 24.9 Å². The van der Waals surface area contributed by atoms with Crippen LogP contribution in [0.25, 0.3) is 0 Å². The van der Waals surface area contributed by atoms with Crippen LogP contribution in [-0.2, 0) is 4.79 Å². The van der Waals surface area contributed by atoms with E-state index in [0.29, 0.717) is 30.3 Å². The second kappa shape index (κ2) is 5.48. The first-order valence-corrected chi connectivity index (χ1v) is 6.31. The summed E-state index contributed by atoms with van der Waals surface area (Å²) in [5.41, 5.74) is 0.745. The van der Waals surface area contributed by atoms with Gasteiger partial charge in [-0.2, -0.15) is 0 Å². The van der Waals surface area contributed by atoms with Crippen molar-refractivity contribution in [3.63, 3.8) is 0 Å². The molecule has 0 aromatic heterocycles. The van der Waals surface area contributed by atoms with Crippen LogP contribution in [0.3, 0.4) is 0 Å². The van der Waals surface area contributed by atoms with E-state index >= 15 is 0 Å². The summed E-state index contributed by atoms with van der Waals surface area (Å²) in [6, 6.07) is 5.42. The van der Waals surface area contributed by atoms with Crippen molar-refractivity contribution < 1.29 is 14.3 Å². The van der Waals surface area contributed by atoms with Crippen molar-refractivity contribution in [2.75, 3.05) is 31.5 Å². The molecule has 0 radical (unpaired) electrons. The summed E-state index contributed by atoms with van der Waals surface area (Å²) in [5.74, 6) is 2.14. The SMILES string of the molecule is COc1ccc(OC)c(N2CC(CCl)CC2=O)c1. The van der Waals surface area contributed by atoms with Gasteiger partial charge in [0.25, 0.3) is 0 Å². The molecule has 1 aromatic carbocycles. The molecule has 0 aliphatic carbocycles. The molecule has 1 aliphatic heterocycles. The molecule has 1 aromatic rings. The van der Waals surface area contributed by atoms with E-state index < -0.39 is 0 Å². The van der Waals surface area contributed by atoms with Gasteiger partial charge in [-0.15, -0.1) is 11.6 Å². The van der Waals surface area contributed by atoms with Gasteiger partial charge >= 0.3 is 0 Å². The summed E-state index contributed by atoms with van der Waals surface area (Å²) >= 11 is 5.82. The second-order valence-corrected chi connectivity index (χ2v) is 4.58. The maximum Gasteiger partial charge on any atom is 0.227 e. The number of carbonyl (C=O) groups is 1. The Morgan fingerprint density at radius 2 is 2.17 bits per heavy atom. The second-order valence-electron chi connectivity index (χ2n) is 4.27. The smallest absolute Gasteiger partial charge is 0.227 e. The first-order valence-electron chi connectivity index (χ1n) is 5.78. The largest absolute Gasteiger partial charge is 0.497 e. The molecule has 1 aliphatic rings. The van der Waals surface area contributed by atoms with Crippen molar-refractivity contribution in [1.29, 1.82) is 0 Å². The van der Waals surface area contributed by atoms with Crippen LogP contribution in [0, 0.1) is 5.92 Å². The van der Waals surface area contributed by atoms with Crippen LogP contribution in [-0.4, -0.2) is 32.6 Å². The Balaban J connectivity index is 2.34. The maximum atomic E-state index is 12.0. The van der Waals surface area contributed by atoms with Gasteiger partial charge in [-0.25, -0.2) is 0 Å². The van der Waals surface area contributed by atoms with E-state index in [4.69, 9.17) is 21.1 Å². The first kappa shape index (κ1) is 13.0. The zero-order chi connectivity index (χ0) is 13.1. The number of carbonyl (C=O) groups excluding carboxylic acids is 1. The van der Waals surface area contributed by atoms with Crippen LogP contribution in [0.5, 0.6) is 11.5 Å². The highest BCUT2D eigenvalue weighted by Crippen LogP contribution is 2.36. The Labute approximate surface area is 111 Å². The van der Waals surface area contributed by atoms with E-state index in [2.05, 4.69) is 0 Å². The fourth-order valence-electron chi connectivity index (χ4n) is 2.13. The fourth-order valence-corrected chi connectivity index (χ4v) is 2.33. The molecule has 0 bridgehead atoms. The lowest BCUT2D eigenvalue weighted by atomic mass is 10.1. The monoisotopic (exact) mass is 269 g/mol. The number of ether oxygens (including phenoxy) is 2. The molecule has 1 saturated heterocycles. The van der Waals surface area contributed by atoms with E-state index in [9.17, 15) is 4.79 Å². The number of nitrogens with zero attached hydrogens (tertiary/aromatic N) is 1. The van der Waals surface area contributed by atoms with Gasteiger partial charge < -0.3 is 14.4 Å². The number of hydrogen-bond acceptors (Lipinski definition) is 3. The third-order valence-electron chi connectivity index (χ3n) is 3.10. The standard InChI is InChI=1S/C13H16ClNO3/c1-17-10-3-4-12(18-2)11(6-10)15-8-9(7-14)5-13(15)16/h3-4,6,9H,5,7-8H2,1-2H3. The fraction of sp³-hybridized carbons (Fsp3) is 0.462. The average Bonchev–Trinajstić information content (AvgIpc) is 2.79. The lowest BCUT2D eigenvalue weighted by Crippen LogP contribution is -2.25. The van der Waals surface area contributed by atoms with Crippen LogP contribution in [0.1, 0.15) is 6.42 Å². The highest BCUT2D eigenvalue weighted by Gasteiger charge is 2.31. The van der Waals surface area contributed by atoms with Gasteiger partial charge in [0.1, 0.15) is 11.5 Å². The molecule has 5 heteroatoms. The number of rotatable bonds is 4. The summed E-state index contributed by atoms with van der Waals surface area (Å²) in [4.78, 5) is 13.7. The minimum atomic E-state index is 0.0761. The molecule has 1 atom stereocenters. The lowest BCUT2D eigenvalue weighted by Gasteiger charge is -2.20. The van der Waals surface area contributed by atoms with Gasteiger partial charge in [-0.05, 0) is 18.1 Å². The molecule has 18 heavy (non-hydrogen) atoms. The van der Waals surface area contributed by atoms with Crippen molar-refractivity contribution in [2.45, 2.75) is 6.42 Å². The van der Waals surface area contributed by atoms with Gasteiger partial charge in [0.15, 0.2) is 0 Å². The molecule has 1 amide bonds. The summed E-state index contributed by atoms with van der Waals surface area (Å²) in [7, 11) is 3.18. The van der Waals surface area contributed by atoms with Crippen LogP contribution in [0.2, 0.25) is 0 Å². The Bertz CT molecular complexity index is 450. The Kier molecular flexibility index (Phi) is 3.97. The van der Waals surface area contributed by atoms with E-state index in [1.165, 1.54) is 0 Å². The van der Waals surface area contributed by atoms with Crippen LogP contribution >= 0.6 is 11.6 Å². The molecule has 2 rings (SSSR count). The molecule has 0 spiro atoms. The highest BCUT2D eigenvalue weighted by atomic mass is 35.5. The van der Waals surface area contributed by atoms with Gasteiger partial charge in [0.2, 0.25) is 5.91 Å². The van der Waals surface area contributed by atoms with Gasteiger partial charge in [-0.1, -0.05) is 0 Å². The predicted molar refractivity (Wildman–Crippen MR) is 70.7 cm³/mol. The quantitative estimate of drug-likeness (QED) is 0.788. The van der Waals surface area contributed by atoms with Crippen molar-refractivity contribution in [3.8, 4) is 11.5 Å². The third kappa shape index (κ3) is 2.38. The molecule has 0 N–H and O–H groups in total.